The maximum absolute atomic E-state index is 13.1. The number of carbonyl (C=O) groups excluding carboxylic acids is 2. The van der Waals surface area contributed by atoms with Gasteiger partial charge < -0.3 is 19.9 Å². The van der Waals surface area contributed by atoms with Gasteiger partial charge in [-0.1, -0.05) is 60.1 Å². The Balaban J connectivity index is 1.11. The van der Waals surface area contributed by atoms with Gasteiger partial charge in [0.05, 0.1) is 16.9 Å². The van der Waals surface area contributed by atoms with Crippen LogP contribution in [0, 0.1) is 5.92 Å². The Bertz CT molecular complexity index is 1380. The van der Waals surface area contributed by atoms with Crippen LogP contribution >= 0.6 is 11.6 Å². The van der Waals surface area contributed by atoms with Gasteiger partial charge in [-0.2, -0.15) is 0 Å². The van der Waals surface area contributed by atoms with Crippen LogP contribution in [0.2, 0.25) is 5.02 Å². The molecule has 2 aromatic carbocycles. The van der Waals surface area contributed by atoms with Gasteiger partial charge in [-0.3, -0.25) is 4.79 Å². The summed E-state index contributed by atoms with van der Waals surface area (Å²) in [6.45, 7) is 8.30. The zero-order chi connectivity index (χ0) is 29.7. The van der Waals surface area contributed by atoms with Gasteiger partial charge in [0.15, 0.2) is 0 Å². The second-order valence-corrected chi connectivity index (χ2v) is 12.7. The number of anilines is 1. The summed E-state index contributed by atoms with van der Waals surface area (Å²) in [4.78, 5) is 38.3. The Labute approximate surface area is 253 Å². The quantitative estimate of drug-likeness (QED) is 0.336. The van der Waals surface area contributed by atoms with Crippen LogP contribution in [0.4, 0.5) is 10.7 Å². The van der Waals surface area contributed by atoms with E-state index >= 15 is 0 Å². The van der Waals surface area contributed by atoms with Crippen LogP contribution in [-0.4, -0.2) is 69.6 Å². The molecule has 3 aromatic rings. The number of hydrogen-bond acceptors (Lipinski definition) is 6. The number of halogens is 1. The van der Waals surface area contributed by atoms with Crippen LogP contribution in [0.15, 0.2) is 60.8 Å². The number of ether oxygens (including phenoxy) is 1. The average molecular weight is 590 g/mol. The third-order valence-corrected chi connectivity index (χ3v) is 8.17. The Morgan fingerprint density at radius 2 is 1.55 bits per heavy atom. The fourth-order valence-electron chi connectivity index (χ4n) is 5.59. The van der Waals surface area contributed by atoms with Crippen molar-refractivity contribution in [3.8, 4) is 22.4 Å². The third-order valence-electron chi connectivity index (χ3n) is 7.90. The molecule has 2 aliphatic rings. The monoisotopic (exact) mass is 589 g/mol. The molecule has 2 fully saturated rings. The fraction of sp³-hybridized carbons (Fsp3) is 0.455. The molecule has 0 aliphatic carbocycles. The van der Waals surface area contributed by atoms with E-state index in [1.165, 1.54) is 0 Å². The van der Waals surface area contributed by atoms with Crippen molar-refractivity contribution >= 4 is 29.5 Å². The molecule has 0 radical (unpaired) electrons. The predicted octanol–water partition coefficient (Wildman–Crippen LogP) is 6.90. The second kappa shape index (κ2) is 13.1. The molecule has 42 heavy (non-hydrogen) atoms. The first kappa shape index (κ1) is 29.8. The SMILES string of the molecule is CC(C)(C)OC(=O)N1CCC(CC(=O)N2CCC(Nc3ncc(Cl)c(-c4cccc(-c5ccccc5)c4)n3)CC2)CC1. The van der Waals surface area contributed by atoms with E-state index < -0.39 is 5.60 Å². The van der Waals surface area contributed by atoms with Gasteiger partial charge in [0.2, 0.25) is 11.9 Å². The number of likely N-dealkylation sites (tertiary alicyclic amines) is 2. The van der Waals surface area contributed by atoms with Gasteiger partial charge >= 0.3 is 6.09 Å². The van der Waals surface area contributed by atoms with Gasteiger partial charge in [0.1, 0.15) is 5.60 Å². The van der Waals surface area contributed by atoms with E-state index in [-0.39, 0.29) is 18.0 Å². The number of rotatable bonds is 6. The van der Waals surface area contributed by atoms with E-state index in [1.807, 2.05) is 56.0 Å². The number of benzene rings is 2. The summed E-state index contributed by atoms with van der Waals surface area (Å²) < 4.78 is 5.49. The van der Waals surface area contributed by atoms with E-state index in [2.05, 4.69) is 34.6 Å². The number of hydrogen-bond donors (Lipinski definition) is 1. The van der Waals surface area contributed by atoms with Gasteiger partial charge in [-0.15, -0.1) is 0 Å². The first-order valence-corrected chi connectivity index (χ1v) is 15.2. The molecule has 2 amide bonds. The van der Waals surface area contributed by atoms with E-state index in [9.17, 15) is 9.59 Å². The summed E-state index contributed by atoms with van der Waals surface area (Å²) in [5, 5.41) is 3.97. The maximum atomic E-state index is 13.1. The normalized spacial score (nSPS) is 16.8. The molecule has 2 aliphatic heterocycles. The molecule has 0 atom stereocenters. The highest BCUT2D eigenvalue weighted by Gasteiger charge is 2.30. The number of aromatic nitrogens is 2. The number of piperidine rings is 2. The van der Waals surface area contributed by atoms with E-state index in [0.29, 0.717) is 55.2 Å². The lowest BCUT2D eigenvalue weighted by Crippen LogP contribution is -2.45. The molecule has 5 rings (SSSR count). The molecule has 0 unspecified atom stereocenters. The van der Waals surface area contributed by atoms with Crippen LogP contribution < -0.4 is 5.32 Å². The minimum Gasteiger partial charge on any atom is -0.444 e. The van der Waals surface area contributed by atoms with Crippen molar-refractivity contribution in [3.05, 3.63) is 65.8 Å². The average Bonchev–Trinajstić information content (AvgIpc) is 2.98. The molecule has 0 bridgehead atoms. The third kappa shape index (κ3) is 7.79. The van der Waals surface area contributed by atoms with Crippen molar-refractivity contribution in [3.63, 3.8) is 0 Å². The Morgan fingerprint density at radius 3 is 2.24 bits per heavy atom. The molecule has 1 N–H and O–H groups in total. The van der Waals surface area contributed by atoms with Crippen molar-refractivity contribution in [1.82, 2.24) is 19.8 Å². The Hall–Kier alpha value is -3.65. The lowest BCUT2D eigenvalue weighted by Gasteiger charge is -2.35. The van der Waals surface area contributed by atoms with Gasteiger partial charge in [-0.05, 0) is 69.6 Å². The van der Waals surface area contributed by atoms with Crippen molar-refractivity contribution in [1.29, 1.82) is 0 Å². The van der Waals surface area contributed by atoms with Crippen molar-refractivity contribution < 1.29 is 14.3 Å². The number of nitrogens with zero attached hydrogens (tertiary/aromatic N) is 4. The topological polar surface area (TPSA) is 87.7 Å². The van der Waals surface area contributed by atoms with Crippen molar-refractivity contribution in [2.75, 3.05) is 31.5 Å². The zero-order valence-electron chi connectivity index (χ0n) is 24.7. The number of nitrogens with one attached hydrogen (secondary N) is 1. The molecular weight excluding hydrogens is 550 g/mol. The fourth-order valence-corrected chi connectivity index (χ4v) is 5.79. The van der Waals surface area contributed by atoms with Crippen LogP contribution in [0.5, 0.6) is 0 Å². The first-order chi connectivity index (χ1) is 20.1. The van der Waals surface area contributed by atoms with Crippen molar-refractivity contribution in [2.24, 2.45) is 5.92 Å². The summed E-state index contributed by atoms with van der Waals surface area (Å²) in [5.41, 5.74) is 3.36. The first-order valence-electron chi connectivity index (χ1n) is 14.9. The standard InChI is InChI=1S/C33H40ClN5O3/c1-33(2,3)42-32(41)39-16-12-23(13-17-39)20-29(40)38-18-14-27(15-19-38)36-31-35-22-28(34)30(37-31)26-11-7-10-25(21-26)24-8-5-4-6-9-24/h4-11,21-23,27H,12-20H2,1-3H3,(H,35,36,37). The lowest BCUT2D eigenvalue weighted by atomic mass is 9.92. The largest absolute Gasteiger partial charge is 0.444 e. The zero-order valence-corrected chi connectivity index (χ0v) is 25.4. The molecule has 0 saturated carbocycles. The van der Waals surface area contributed by atoms with Crippen molar-refractivity contribution in [2.45, 2.75) is 64.5 Å². The summed E-state index contributed by atoms with van der Waals surface area (Å²) in [6.07, 6.45) is 5.22. The minimum atomic E-state index is -0.499. The van der Waals surface area contributed by atoms with E-state index in [4.69, 9.17) is 21.3 Å². The van der Waals surface area contributed by atoms with Crippen LogP contribution in [0.25, 0.3) is 22.4 Å². The smallest absolute Gasteiger partial charge is 0.410 e. The number of amides is 2. The molecule has 0 spiro atoms. The summed E-state index contributed by atoms with van der Waals surface area (Å²) >= 11 is 6.53. The number of carbonyl (C=O) groups is 2. The highest BCUT2D eigenvalue weighted by molar-refractivity contribution is 6.32. The highest BCUT2D eigenvalue weighted by atomic mass is 35.5. The second-order valence-electron chi connectivity index (χ2n) is 12.3. The maximum Gasteiger partial charge on any atom is 0.410 e. The van der Waals surface area contributed by atoms with Gasteiger partial charge in [-0.25, -0.2) is 14.8 Å². The van der Waals surface area contributed by atoms with Crippen LogP contribution in [0.3, 0.4) is 0 Å². The Morgan fingerprint density at radius 1 is 0.905 bits per heavy atom. The van der Waals surface area contributed by atoms with E-state index in [1.54, 1.807) is 11.1 Å². The lowest BCUT2D eigenvalue weighted by molar-refractivity contribution is -0.133. The summed E-state index contributed by atoms with van der Waals surface area (Å²) in [7, 11) is 0. The molecule has 8 nitrogen and oxygen atoms in total. The molecular formula is C33H40ClN5O3. The molecule has 9 heteroatoms. The summed E-state index contributed by atoms with van der Waals surface area (Å²) in [5.74, 6) is 1.04. The molecule has 222 valence electrons. The highest BCUT2D eigenvalue weighted by Crippen LogP contribution is 2.31. The predicted molar refractivity (Wildman–Crippen MR) is 166 cm³/mol. The molecule has 1 aromatic heterocycles. The van der Waals surface area contributed by atoms with Gasteiger partial charge in [0, 0.05) is 44.2 Å². The molecule has 3 heterocycles. The minimum absolute atomic E-state index is 0.177. The van der Waals surface area contributed by atoms with Gasteiger partial charge in [0.25, 0.3) is 0 Å². The van der Waals surface area contributed by atoms with Crippen LogP contribution in [0.1, 0.15) is 52.9 Å². The van der Waals surface area contributed by atoms with E-state index in [0.717, 1.165) is 42.4 Å². The van der Waals surface area contributed by atoms with Crippen LogP contribution in [-0.2, 0) is 9.53 Å². The summed E-state index contributed by atoms with van der Waals surface area (Å²) in [6, 6.07) is 18.6. The molecule has 2 saturated heterocycles. The Kier molecular flexibility index (Phi) is 9.31.